The summed E-state index contributed by atoms with van der Waals surface area (Å²) < 4.78 is 3.34. The predicted octanol–water partition coefficient (Wildman–Crippen LogP) is 1.60. The maximum absolute atomic E-state index is 11.7. The molecule has 0 aliphatic carbocycles. The van der Waals surface area contributed by atoms with Gasteiger partial charge < -0.3 is 0 Å². The van der Waals surface area contributed by atoms with Gasteiger partial charge in [-0.3, -0.25) is 0 Å². The molecule has 16 heavy (non-hydrogen) atoms. The van der Waals surface area contributed by atoms with E-state index in [1.165, 1.54) is 0 Å². The van der Waals surface area contributed by atoms with Gasteiger partial charge in [-0.05, 0) is 25.3 Å². The lowest BCUT2D eigenvalue weighted by Crippen LogP contribution is -2.22. The van der Waals surface area contributed by atoms with Gasteiger partial charge in [-0.1, -0.05) is 13.8 Å². The van der Waals surface area contributed by atoms with Gasteiger partial charge >= 0.3 is 5.69 Å². The quantitative estimate of drug-likeness (QED) is 0.772. The lowest BCUT2D eigenvalue weighted by atomic mass is 10.1. The standard InChI is InChI=1S/C11H16N4O/c1-7(2)9-5-12-10-13-11(16)15(8(3)4)14(10)6-9/h5-8H,1-4H3. The second-order valence-corrected chi connectivity index (χ2v) is 4.52. The van der Waals surface area contributed by atoms with Crippen LogP contribution in [0.5, 0.6) is 0 Å². The van der Waals surface area contributed by atoms with E-state index in [9.17, 15) is 4.79 Å². The fourth-order valence-corrected chi connectivity index (χ4v) is 1.66. The Morgan fingerprint density at radius 3 is 2.50 bits per heavy atom. The zero-order valence-corrected chi connectivity index (χ0v) is 10.0. The number of hydrogen-bond donors (Lipinski definition) is 0. The Kier molecular flexibility index (Phi) is 2.53. The van der Waals surface area contributed by atoms with Crippen LogP contribution in [0.3, 0.4) is 0 Å². The lowest BCUT2D eigenvalue weighted by Gasteiger charge is -2.10. The van der Waals surface area contributed by atoms with Crippen LogP contribution in [0.4, 0.5) is 0 Å². The van der Waals surface area contributed by atoms with Gasteiger partial charge in [0.25, 0.3) is 5.78 Å². The molecule has 2 heterocycles. The SMILES string of the molecule is CC(C)c1cnc2nc(=O)n(C(C)C)n2c1. The van der Waals surface area contributed by atoms with E-state index in [1.54, 1.807) is 15.4 Å². The smallest absolute Gasteiger partial charge is 0.244 e. The molecule has 0 fully saturated rings. The van der Waals surface area contributed by atoms with Crippen LogP contribution >= 0.6 is 0 Å². The van der Waals surface area contributed by atoms with Crippen molar-refractivity contribution >= 4 is 5.78 Å². The molecule has 0 N–H and O–H groups in total. The van der Waals surface area contributed by atoms with Crippen LogP contribution in [-0.4, -0.2) is 19.2 Å². The summed E-state index contributed by atoms with van der Waals surface area (Å²) in [7, 11) is 0. The number of nitrogens with zero attached hydrogens (tertiary/aromatic N) is 4. The average Bonchev–Trinajstić information content (AvgIpc) is 2.51. The van der Waals surface area contributed by atoms with Gasteiger partial charge in [0.05, 0.1) is 6.04 Å². The van der Waals surface area contributed by atoms with Gasteiger partial charge in [-0.2, -0.15) is 4.98 Å². The average molecular weight is 220 g/mol. The van der Waals surface area contributed by atoms with Crippen molar-refractivity contribution < 1.29 is 0 Å². The fraction of sp³-hybridized carbons (Fsp3) is 0.545. The van der Waals surface area contributed by atoms with Gasteiger partial charge in [-0.25, -0.2) is 19.0 Å². The van der Waals surface area contributed by atoms with Crippen LogP contribution < -0.4 is 5.69 Å². The molecule has 2 aromatic rings. The van der Waals surface area contributed by atoms with E-state index in [-0.39, 0.29) is 11.7 Å². The second-order valence-electron chi connectivity index (χ2n) is 4.52. The van der Waals surface area contributed by atoms with Crippen LogP contribution in [0.25, 0.3) is 5.78 Å². The molecular formula is C11H16N4O. The summed E-state index contributed by atoms with van der Waals surface area (Å²) in [5.41, 5.74) is 0.850. The molecule has 0 aliphatic heterocycles. The van der Waals surface area contributed by atoms with Crippen LogP contribution in [0.2, 0.25) is 0 Å². The highest BCUT2D eigenvalue weighted by Gasteiger charge is 2.11. The summed E-state index contributed by atoms with van der Waals surface area (Å²) in [6.07, 6.45) is 3.71. The van der Waals surface area contributed by atoms with Gasteiger partial charge in [-0.15, -0.1) is 0 Å². The third-order valence-corrected chi connectivity index (χ3v) is 2.58. The molecule has 0 spiro atoms. The highest BCUT2D eigenvalue weighted by Crippen LogP contribution is 2.13. The van der Waals surface area contributed by atoms with Gasteiger partial charge in [0, 0.05) is 12.4 Å². The van der Waals surface area contributed by atoms with Crippen molar-refractivity contribution in [1.82, 2.24) is 19.2 Å². The first-order valence-electron chi connectivity index (χ1n) is 5.47. The summed E-state index contributed by atoms with van der Waals surface area (Å²) in [6, 6.07) is 0.0757. The molecule has 0 aromatic carbocycles. The van der Waals surface area contributed by atoms with Crippen molar-refractivity contribution in [2.75, 3.05) is 0 Å². The Balaban J connectivity index is 2.75. The Morgan fingerprint density at radius 1 is 1.25 bits per heavy atom. The summed E-state index contributed by atoms with van der Waals surface area (Å²) in [5.74, 6) is 0.845. The molecule has 0 radical (unpaired) electrons. The largest absolute Gasteiger partial charge is 0.366 e. The topological polar surface area (TPSA) is 52.2 Å². The van der Waals surface area contributed by atoms with Crippen molar-refractivity contribution in [1.29, 1.82) is 0 Å². The Hall–Kier alpha value is -1.65. The molecule has 2 aromatic heterocycles. The maximum atomic E-state index is 11.7. The van der Waals surface area contributed by atoms with Crippen LogP contribution in [0, 0.1) is 0 Å². The van der Waals surface area contributed by atoms with E-state index in [1.807, 2.05) is 20.0 Å². The molecule has 86 valence electrons. The number of fused-ring (bicyclic) bond motifs is 1. The van der Waals surface area contributed by atoms with Gasteiger partial charge in [0.15, 0.2) is 0 Å². The first kappa shape index (κ1) is 10.9. The summed E-state index contributed by atoms with van der Waals surface area (Å²) in [5, 5.41) is 0. The van der Waals surface area contributed by atoms with Crippen molar-refractivity contribution in [2.24, 2.45) is 0 Å². The minimum atomic E-state index is -0.247. The van der Waals surface area contributed by atoms with Crippen LogP contribution in [-0.2, 0) is 0 Å². The Labute approximate surface area is 93.7 Å². The summed E-state index contributed by atoms with van der Waals surface area (Å²) in [6.45, 7) is 8.10. The number of aromatic nitrogens is 4. The second kappa shape index (κ2) is 3.73. The molecule has 5 heteroatoms. The monoisotopic (exact) mass is 220 g/mol. The normalized spacial score (nSPS) is 11.9. The zero-order valence-electron chi connectivity index (χ0n) is 10.0. The molecule has 0 saturated carbocycles. The van der Waals surface area contributed by atoms with E-state index in [2.05, 4.69) is 23.8 Å². The molecule has 0 bridgehead atoms. The van der Waals surface area contributed by atoms with Crippen LogP contribution in [0.1, 0.15) is 45.2 Å². The van der Waals surface area contributed by atoms with Gasteiger partial charge in [0.2, 0.25) is 0 Å². The third kappa shape index (κ3) is 1.62. The molecule has 0 atom stereocenters. The van der Waals surface area contributed by atoms with Crippen molar-refractivity contribution in [3.05, 3.63) is 28.4 Å². The van der Waals surface area contributed by atoms with Crippen molar-refractivity contribution in [3.63, 3.8) is 0 Å². The van der Waals surface area contributed by atoms with E-state index >= 15 is 0 Å². The molecule has 5 nitrogen and oxygen atoms in total. The zero-order chi connectivity index (χ0) is 11.9. The molecule has 0 unspecified atom stereocenters. The minimum absolute atomic E-state index is 0.0757. The predicted molar refractivity (Wildman–Crippen MR) is 61.7 cm³/mol. The van der Waals surface area contributed by atoms with Crippen LogP contribution in [0.15, 0.2) is 17.2 Å². The molecule has 2 rings (SSSR count). The first-order chi connectivity index (χ1) is 7.50. The van der Waals surface area contributed by atoms with Gasteiger partial charge in [0.1, 0.15) is 0 Å². The molecule has 0 saturated heterocycles. The highest BCUT2D eigenvalue weighted by atomic mass is 16.2. The number of hydrogen-bond acceptors (Lipinski definition) is 3. The molecular weight excluding hydrogens is 204 g/mol. The van der Waals surface area contributed by atoms with Crippen molar-refractivity contribution in [3.8, 4) is 0 Å². The minimum Gasteiger partial charge on any atom is -0.244 e. The Bertz CT molecular complexity index is 565. The van der Waals surface area contributed by atoms with E-state index < -0.39 is 0 Å². The fourth-order valence-electron chi connectivity index (χ4n) is 1.66. The lowest BCUT2D eigenvalue weighted by molar-refractivity contribution is 0.483. The maximum Gasteiger partial charge on any atom is 0.366 e. The Morgan fingerprint density at radius 2 is 1.94 bits per heavy atom. The van der Waals surface area contributed by atoms with E-state index in [4.69, 9.17) is 0 Å². The van der Waals surface area contributed by atoms with E-state index in [0.717, 1.165) is 5.56 Å². The van der Waals surface area contributed by atoms with Crippen molar-refractivity contribution in [2.45, 2.75) is 39.7 Å². The molecule has 0 amide bonds. The van der Waals surface area contributed by atoms with E-state index in [0.29, 0.717) is 11.7 Å². The summed E-state index contributed by atoms with van der Waals surface area (Å²) in [4.78, 5) is 19.7. The third-order valence-electron chi connectivity index (χ3n) is 2.58. The molecule has 0 aliphatic rings. The first-order valence-corrected chi connectivity index (χ1v) is 5.47. The summed E-state index contributed by atoms with van der Waals surface area (Å²) >= 11 is 0. The highest BCUT2D eigenvalue weighted by molar-refractivity contribution is 5.27. The number of rotatable bonds is 2.